The van der Waals surface area contributed by atoms with Crippen LogP contribution >= 0.6 is 28.1 Å². The van der Waals surface area contributed by atoms with E-state index in [9.17, 15) is 4.39 Å². The van der Waals surface area contributed by atoms with E-state index >= 15 is 0 Å². The second-order valence-corrected chi connectivity index (χ2v) is 5.82. The monoisotopic (exact) mass is 347 g/mol. The molecule has 0 radical (unpaired) electrons. The van der Waals surface area contributed by atoms with Crippen LogP contribution in [-0.4, -0.2) is 37.1 Å². The molecular formula is C13H19BrFN3S. The quantitative estimate of drug-likeness (QED) is 0.587. The smallest absolute Gasteiger partial charge is 0.161 e. The SMILES string of the molecule is CN(C)CCCCNc1ccc(C(N)=S)c(Br)c1F. The Morgan fingerprint density at radius 1 is 1.42 bits per heavy atom. The van der Waals surface area contributed by atoms with Gasteiger partial charge in [-0.25, -0.2) is 4.39 Å². The number of hydrogen-bond donors (Lipinski definition) is 2. The summed E-state index contributed by atoms with van der Waals surface area (Å²) in [6, 6.07) is 3.39. The highest BCUT2D eigenvalue weighted by atomic mass is 79.9. The van der Waals surface area contributed by atoms with E-state index < -0.39 is 0 Å². The van der Waals surface area contributed by atoms with Crippen LogP contribution in [0, 0.1) is 5.82 Å². The molecule has 0 saturated heterocycles. The van der Waals surface area contributed by atoms with E-state index in [1.807, 2.05) is 14.1 Å². The average Bonchev–Trinajstić information content (AvgIpc) is 2.33. The van der Waals surface area contributed by atoms with Crippen molar-refractivity contribution >= 4 is 38.8 Å². The zero-order chi connectivity index (χ0) is 14.4. The third-order valence-corrected chi connectivity index (χ3v) is 3.69. The van der Waals surface area contributed by atoms with Gasteiger partial charge in [-0.2, -0.15) is 0 Å². The second-order valence-electron chi connectivity index (χ2n) is 4.59. The van der Waals surface area contributed by atoms with E-state index in [1.165, 1.54) is 0 Å². The standard InChI is InChI=1S/C13H19BrFN3S/c1-18(2)8-4-3-7-17-10-6-5-9(13(16)19)11(14)12(10)15/h5-6,17H,3-4,7-8H2,1-2H3,(H2,16,19). The molecule has 0 atom stereocenters. The molecule has 0 unspecified atom stereocenters. The highest BCUT2D eigenvalue weighted by molar-refractivity contribution is 9.10. The molecular weight excluding hydrogens is 329 g/mol. The number of hydrogen-bond acceptors (Lipinski definition) is 3. The fourth-order valence-corrected chi connectivity index (χ4v) is 2.51. The van der Waals surface area contributed by atoms with Crippen LogP contribution in [0.3, 0.4) is 0 Å². The Balaban J connectivity index is 2.56. The lowest BCUT2D eigenvalue weighted by Crippen LogP contribution is -2.15. The van der Waals surface area contributed by atoms with Gasteiger partial charge in [0.1, 0.15) is 4.99 Å². The predicted molar refractivity (Wildman–Crippen MR) is 86.3 cm³/mol. The number of anilines is 1. The maximum absolute atomic E-state index is 14.0. The van der Waals surface area contributed by atoms with Gasteiger partial charge < -0.3 is 16.0 Å². The fraction of sp³-hybridized carbons (Fsp3) is 0.462. The van der Waals surface area contributed by atoms with Crippen molar-refractivity contribution < 1.29 is 4.39 Å². The molecule has 3 nitrogen and oxygen atoms in total. The lowest BCUT2D eigenvalue weighted by Gasteiger charge is -2.12. The molecule has 0 heterocycles. The first-order valence-corrected chi connectivity index (χ1v) is 7.30. The summed E-state index contributed by atoms with van der Waals surface area (Å²) in [4.78, 5) is 2.32. The molecule has 1 aromatic carbocycles. The first-order chi connectivity index (χ1) is 8.93. The van der Waals surface area contributed by atoms with Crippen molar-refractivity contribution in [1.82, 2.24) is 4.90 Å². The molecule has 0 bridgehead atoms. The zero-order valence-electron chi connectivity index (χ0n) is 11.2. The predicted octanol–water partition coefficient (Wildman–Crippen LogP) is 2.98. The first-order valence-electron chi connectivity index (χ1n) is 6.10. The van der Waals surface area contributed by atoms with Crippen LogP contribution in [-0.2, 0) is 0 Å². The molecule has 0 aliphatic carbocycles. The Bertz CT molecular complexity index is 452. The molecule has 106 valence electrons. The summed E-state index contributed by atoms with van der Waals surface area (Å²) in [5.74, 6) is -0.349. The van der Waals surface area contributed by atoms with Gasteiger partial charge in [-0.3, -0.25) is 0 Å². The van der Waals surface area contributed by atoms with Crippen molar-refractivity contribution in [2.45, 2.75) is 12.8 Å². The summed E-state index contributed by atoms with van der Waals surface area (Å²) in [7, 11) is 4.08. The Labute approximate surface area is 127 Å². The van der Waals surface area contributed by atoms with E-state index in [1.54, 1.807) is 12.1 Å². The van der Waals surface area contributed by atoms with Crippen molar-refractivity contribution in [3.63, 3.8) is 0 Å². The van der Waals surface area contributed by atoms with Crippen molar-refractivity contribution in [1.29, 1.82) is 0 Å². The average molecular weight is 348 g/mol. The van der Waals surface area contributed by atoms with Gasteiger partial charge in [-0.05, 0) is 61.5 Å². The van der Waals surface area contributed by atoms with Gasteiger partial charge in [0.2, 0.25) is 0 Å². The normalized spacial score (nSPS) is 10.8. The summed E-state index contributed by atoms with van der Waals surface area (Å²) in [5, 5.41) is 3.09. The number of unbranched alkanes of at least 4 members (excludes halogenated alkanes) is 1. The van der Waals surface area contributed by atoms with Crippen LogP contribution in [0.1, 0.15) is 18.4 Å². The molecule has 0 spiro atoms. The van der Waals surface area contributed by atoms with Crippen LogP contribution in [0.5, 0.6) is 0 Å². The van der Waals surface area contributed by atoms with Crippen LogP contribution in [0.15, 0.2) is 16.6 Å². The van der Waals surface area contributed by atoms with Gasteiger partial charge in [0, 0.05) is 12.1 Å². The number of halogens is 2. The second kappa shape index (κ2) is 7.77. The van der Waals surface area contributed by atoms with E-state index in [2.05, 4.69) is 26.1 Å². The van der Waals surface area contributed by atoms with Crippen LogP contribution < -0.4 is 11.1 Å². The molecule has 0 fully saturated rings. The number of benzene rings is 1. The summed E-state index contributed by atoms with van der Waals surface area (Å²) in [6.07, 6.45) is 2.07. The van der Waals surface area contributed by atoms with Gasteiger partial charge in [0.15, 0.2) is 5.82 Å². The molecule has 6 heteroatoms. The number of rotatable bonds is 7. The molecule has 3 N–H and O–H groups in total. The van der Waals surface area contributed by atoms with Crippen LogP contribution in [0.2, 0.25) is 0 Å². The van der Waals surface area contributed by atoms with E-state index in [-0.39, 0.29) is 10.8 Å². The van der Waals surface area contributed by atoms with Crippen LogP contribution in [0.25, 0.3) is 0 Å². The highest BCUT2D eigenvalue weighted by Gasteiger charge is 2.12. The minimum atomic E-state index is -0.349. The number of thiocarbonyl (C=S) groups is 1. The van der Waals surface area contributed by atoms with Gasteiger partial charge >= 0.3 is 0 Å². The molecule has 0 aliphatic heterocycles. The highest BCUT2D eigenvalue weighted by Crippen LogP contribution is 2.27. The molecule has 0 aromatic heterocycles. The minimum Gasteiger partial charge on any atom is -0.389 e. The summed E-state index contributed by atoms with van der Waals surface area (Å²) in [6.45, 7) is 1.78. The van der Waals surface area contributed by atoms with Crippen molar-refractivity contribution in [3.05, 3.63) is 28.0 Å². The lowest BCUT2D eigenvalue weighted by molar-refractivity contribution is 0.396. The molecule has 19 heavy (non-hydrogen) atoms. The van der Waals surface area contributed by atoms with Gasteiger partial charge in [-0.15, -0.1) is 0 Å². The Kier molecular flexibility index (Phi) is 6.68. The molecule has 0 aliphatic rings. The first kappa shape index (κ1) is 16.3. The maximum Gasteiger partial charge on any atom is 0.161 e. The molecule has 1 rings (SSSR count). The number of nitrogens with zero attached hydrogens (tertiary/aromatic N) is 1. The fourth-order valence-electron chi connectivity index (χ4n) is 1.65. The third-order valence-electron chi connectivity index (χ3n) is 2.70. The van der Waals surface area contributed by atoms with Crippen molar-refractivity contribution in [3.8, 4) is 0 Å². The van der Waals surface area contributed by atoms with Crippen molar-refractivity contribution in [2.24, 2.45) is 5.73 Å². The van der Waals surface area contributed by atoms with Gasteiger partial charge in [0.05, 0.1) is 10.2 Å². The van der Waals surface area contributed by atoms with E-state index in [0.29, 0.717) is 15.7 Å². The number of nitrogens with one attached hydrogen (secondary N) is 1. The molecule has 0 saturated carbocycles. The molecule has 0 amide bonds. The Morgan fingerprint density at radius 3 is 2.68 bits per heavy atom. The third kappa shape index (κ3) is 5.04. The van der Waals surface area contributed by atoms with E-state index in [4.69, 9.17) is 18.0 Å². The van der Waals surface area contributed by atoms with Crippen LogP contribution in [0.4, 0.5) is 10.1 Å². The Hall–Kier alpha value is -0.720. The molecule has 1 aromatic rings. The number of nitrogens with two attached hydrogens (primary N) is 1. The maximum atomic E-state index is 14.0. The minimum absolute atomic E-state index is 0.184. The van der Waals surface area contributed by atoms with E-state index in [0.717, 1.165) is 25.9 Å². The van der Waals surface area contributed by atoms with Gasteiger partial charge in [0.25, 0.3) is 0 Å². The largest absolute Gasteiger partial charge is 0.389 e. The summed E-state index contributed by atoms with van der Waals surface area (Å²) < 4.78 is 14.3. The Morgan fingerprint density at radius 2 is 2.11 bits per heavy atom. The lowest BCUT2D eigenvalue weighted by atomic mass is 10.2. The summed E-state index contributed by atoms with van der Waals surface area (Å²) >= 11 is 8.04. The summed E-state index contributed by atoms with van der Waals surface area (Å²) in [5.41, 5.74) is 6.50. The topological polar surface area (TPSA) is 41.3 Å². The van der Waals surface area contributed by atoms with Crippen molar-refractivity contribution in [2.75, 3.05) is 32.5 Å². The van der Waals surface area contributed by atoms with Gasteiger partial charge in [-0.1, -0.05) is 12.2 Å². The zero-order valence-corrected chi connectivity index (χ0v) is 13.6.